The summed E-state index contributed by atoms with van der Waals surface area (Å²) in [5.41, 5.74) is 5.46. The summed E-state index contributed by atoms with van der Waals surface area (Å²) < 4.78 is 0. The smallest absolute Gasteiger partial charge is 0.252 e. The highest BCUT2D eigenvalue weighted by Crippen LogP contribution is 2.31. The molecule has 4 rings (SSSR count). The maximum absolute atomic E-state index is 13.8. The van der Waals surface area contributed by atoms with Crippen molar-refractivity contribution in [2.24, 2.45) is 0 Å². The average molecular weight is 424 g/mol. The van der Waals surface area contributed by atoms with Crippen LogP contribution in [0, 0.1) is 0 Å². The Bertz CT molecular complexity index is 1200. The fourth-order valence-electron chi connectivity index (χ4n) is 4.15. The molecule has 0 saturated carbocycles. The number of rotatable bonds is 7. The molecule has 1 heterocycles. The van der Waals surface area contributed by atoms with Crippen molar-refractivity contribution in [3.8, 4) is 11.3 Å². The van der Waals surface area contributed by atoms with Crippen molar-refractivity contribution in [3.63, 3.8) is 0 Å². The first-order valence-corrected chi connectivity index (χ1v) is 11.1. The van der Waals surface area contributed by atoms with Crippen molar-refractivity contribution < 1.29 is 4.79 Å². The van der Waals surface area contributed by atoms with Crippen molar-refractivity contribution in [1.29, 1.82) is 0 Å². The Morgan fingerprint density at radius 3 is 2.19 bits per heavy atom. The third-order valence-electron chi connectivity index (χ3n) is 5.66. The van der Waals surface area contributed by atoms with Gasteiger partial charge in [0.2, 0.25) is 0 Å². The molecule has 3 aromatic carbocycles. The highest BCUT2D eigenvalue weighted by atomic mass is 16.1. The molecule has 1 atom stereocenters. The van der Waals surface area contributed by atoms with E-state index in [-0.39, 0.29) is 11.9 Å². The summed E-state index contributed by atoms with van der Waals surface area (Å²) >= 11 is 0. The van der Waals surface area contributed by atoms with Gasteiger partial charge in [-0.1, -0.05) is 85.8 Å². The SMILES string of the molecule is CC[C@@H](NC(=O)c1c(CN(C)C)c(-c2ccccc2)nc2ccccc12)c1ccccc1. The topological polar surface area (TPSA) is 45.2 Å². The minimum absolute atomic E-state index is 0.0528. The quantitative estimate of drug-likeness (QED) is 0.406. The molecule has 0 aliphatic rings. The van der Waals surface area contributed by atoms with E-state index in [9.17, 15) is 4.79 Å². The molecular weight excluding hydrogens is 394 g/mol. The van der Waals surface area contributed by atoms with Crippen LogP contribution in [0.3, 0.4) is 0 Å². The molecule has 1 N–H and O–H groups in total. The van der Waals surface area contributed by atoms with Gasteiger partial charge in [-0.3, -0.25) is 4.79 Å². The Morgan fingerprint density at radius 2 is 1.53 bits per heavy atom. The Balaban J connectivity index is 1.89. The van der Waals surface area contributed by atoms with E-state index in [2.05, 4.69) is 41.4 Å². The minimum atomic E-state index is -0.0617. The first-order valence-electron chi connectivity index (χ1n) is 11.1. The van der Waals surface area contributed by atoms with Crippen molar-refractivity contribution >= 4 is 16.8 Å². The lowest BCUT2D eigenvalue weighted by Gasteiger charge is -2.22. The van der Waals surface area contributed by atoms with Crippen LogP contribution in [-0.2, 0) is 6.54 Å². The number of fused-ring (bicyclic) bond motifs is 1. The Hall–Kier alpha value is -3.50. The molecule has 0 spiro atoms. The van der Waals surface area contributed by atoms with Crippen LogP contribution in [0.4, 0.5) is 0 Å². The van der Waals surface area contributed by atoms with Gasteiger partial charge in [-0.25, -0.2) is 4.98 Å². The molecule has 4 aromatic rings. The zero-order valence-electron chi connectivity index (χ0n) is 18.9. The molecule has 162 valence electrons. The minimum Gasteiger partial charge on any atom is -0.345 e. The molecule has 0 saturated heterocycles. The molecule has 0 bridgehead atoms. The van der Waals surface area contributed by atoms with Gasteiger partial charge in [0, 0.05) is 23.1 Å². The van der Waals surface area contributed by atoms with E-state index in [1.54, 1.807) is 0 Å². The molecule has 4 heteroatoms. The van der Waals surface area contributed by atoms with Crippen LogP contribution in [0.1, 0.15) is 40.9 Å². The van der Waals surface area contributed by atoms with Gasteiger partial charge in [0.1, 0.15) is 0 Å². The number of pyridine rings is 1. The number of amides is 1. The summed E-state index contributed by atoms with van der Waals surface area (Å²) in [6.07, 6.45) is 0.813. The molecule has 4 nitrogen and oxygen atoms in total. The van der Waals surface area contributed by atoms with E-state index < -0.39 is 0 Å². The van der Waals surface area contributed by atoms with Crippen LogP contribution in [0.15, 0.2) is 84.9 Å². The molecule has 0 aliphatic carbocycles. The Morgan fingerprint density at radius 1 is 0.906 bits per heavy atom. The van der Waals surface area contributed by atoms with E-state index in [0.29, 0.717) is 12.1 Å². The number of aromatic nitrogens is 1. The van der Waals surface area contributed by atoms with Gasteiger partial charge in [0.25, 0.3) is 5.91 Å². The summed E-state index contributed by atoms with van der Waals surface area (Å²) in [6.45, 7) is 2.71. The van der Waals surface area contributed by atoms with Crippen LogP contribution in [0.25, 0.3) is 22.2 Å². The van der Waals surface area contributed by atoms with E-state index >= 15 is 0 Å². The predicted molar refractivity (Wildman–Crippen MR) is 132 cm³/mol. The molecular formula is C28H29N3O. The Labute approximate surface area is 189 Å². The van der Waals surface area contributed by atoms with E-state index in [4.69, 9.17) is 4.98 Å². The molecule has 0 aliphatic heterocycles. The number of carbonyl (C=O) groups excluding carboxylic acids is 1. The van der Waals surface area contributed by atoms with Gasteiger partial charge in [-0.2, -0.15) is 0 Å². The summed E-state index contributed by atoms with van der Waals surface area (Å²) in [7, 11) is 4.04. The molecule has 0 fully saturated rings. The highest BCUT2D eigenvalue weighted by molar-refractivity contribution is 6.09. The molecule has 0 unspecified atom stereocenters. The van der Waals surface area contributed by atoms with Crippen LogP contribution in [0.2, 0.25) is 0 Å². The van der Waals surface area contributed by atoms with Crippen LogP contribution in [0.5, 0.6) is 0 Å². The summed E-state index contributed by atoms with van der Waals surface area (Å²) in [4.78, 5) is 20.9. The fraction of sp³-hybridized carbons (Fsp3) is 0.214. The van der Waals surface area contributed by atoms with Crippen LogP contribution >= 0.6 is 0 Å². The first kappa shape index (κ1) is 21.7. The lowest BCUT2D eigenvalue weighted by atomic mass is 9.95. The fourth-order valence-corrected chi connectivity index (χ4v) is 4.15. The zero-order valence-corrected chi connectivity index (χ0v) is 18.9. The molecule has 1 aromatic heterocycles. The maximum atomic E-state index is 13.8. The molecule has 1 amide bonds. The summed E-state index contributed by atoms with van der Waals surface area (Å²) in [5.74, 6) is -0.0617. The highest BCUT2D eigenvalue weighted by Gasteiger charge is 2.23. The van der Waals surface area contributed by atoms with Gasteiger partial charge in [-0.15, -0.1) is 0 Å². The lowest BCUT2D eigenvalue weighted by molar-refractivity contribution is 0.0935. The summed E-state index contributed by atoms with van der Waals surface area (Å²) in [5, 5.41) is 4.18. The monoisotopic (exact) mass is 423 g/mol. The first-order chi connectivity index (χ1) is 15.6. The van der Waals surface area contributed by atoms with Gasteiger partial charge in [-0.05, 0) is 32.1 Å². The van der Waals surface area contributed by atoms with Gasteiger partial charge >= 0.3 is 0 Å². The zero-order chi connectivity index (χ0) is 22.5. The van der Waals surface area contributed by atoms with Crippen molar-refractivity contribution in [2.75, 3.05) is 14.1 Å². The number of para-hydroxylation sites is 1. The van der Waals surface area contributed by atoms with Crippen molar-refractivity contribution in [3.05, 3.63) is 102 Å². The summed E-state index contributed by atoms with van der Waals surface area (Å²) in [6, 6.07) is 28.1. The number of hydrogen-bond acceptors (Lipinski definition) is 3. The average Bonchev–Trinajstić information content (AvgIpc) is 2.82. The third kappa shape index (κ3) is 4.56. The largest absolute Gasteiger partial charge is 0.345 e. The second-order valence-electron chi connectivity index (χ2n) is 8.28. The van der Waals surface area contributed by atoms with Crippen LogP contribution in [-0.4, -0.2) is 29.9 Å². The second-order valence-corrected chi connectivity index (χ2v) is 8.28. The maximum Gasteiger partial charge on any atom is 0.252 e. The molecule has 32 heavy (non-hydrogen) atoms. The van der Waals surface area contributed by atoms with E-state index in [0.717, 1.165) is 39.7 Å². The van der Waals surface area contributed by atoms with Crippen LogP contribution < -0.4 is 5.32 Å². The van der Waals surface area contributed by atoms with Gasteiger partial charge in [0.05, 0.1) is 22.8 Å². The predicted octanol–water partition coefficient (Wildman–Crippen LogP) is 5.84. The van der Waals surface area contributed by atoms with E-state index in [1.807, 2.05) is 74.8 Å². The standard InChI is InChI=1S/C28H29N3O/c1-4-24(20-13-7-5-8-14-20)30-28(32)26-22-17-11-12-18-25(22)29-27(23(26)19-31(2)3)21-15-9-6-10-16-21/h5-18,24H,4,19H2,1-3H3,(H,30,32)/t24-/m1/s1. The number of benzene rings is 3. The number of carbonyl (C=O) groups is 1. The lowest BCUT2D eigenvalue weighted by Crippen LogP contribution is -2.30. The number of nitrogens with zero attached hydrogens (tertiary/aromatic N) is 2. The van der Waals surface area contributed by atoms with Gasteiger partial charge in [0.15, 0.2) is 0 Å². The molecule has 0 radical (unpaired) electrons. The Kier molecular flexibility index (Phi) is 6.62. The normalized spacial score (nSPS) is 12.1. The number of hydrogen-bond donors (Lipinski definition) is 1. The van der Waals surface area contributed by atoms with Gasteiger partial charge < -0.3 is 10.2 Å². The number of nitrogens with one attached hydrogen (secondary N) is 1. The van der Waals surface area contributed by atoms with E-state index in [1.165, 1.54) is 0 Å². The van der Waals surface area contributed by atoms with Crippen molar-refractivity contribution in [2.45, 2.75) is 25.9 Å². The third-order valence-corrected chi connectivity index (χ3v) is 5.66. The van der Waals surface area contributed by atoms with Crippen molar-refractivity contribution in [1.82, 2.24) is 15.2 Å². The second kappa shape index (κ2) is 9.75.